The first-order valence-electron chi connectivity index (χ1n) is 12.9. The molecule has 0 radical (unpaired) electrons. The Hall–Kier alpha value is -4.00. The number of fused-ring (bicyclic) bond motifs is 1. The largest absolute Gasteiger partial charge is 0.496 e. The van der Waals surface area contributed by atoms with E-state index >= 15 is 0 Å². The molecule has 0 spiro atoms. The van der Waals surface area contributed by atoms with Gasteiger partial charge >= 0.3 is 5.97 Å². The van der Waals surface area contributed by atoms with Crippen molar-refractivity contribution in [2.24, 2.45) is 0 Å². The van der Waals surface area contributed by atoms with Gasteiger partial charge in [0.05, 0.1) is 23.8 Å². The smallest absolute Gasteiger partial charge is 0.304 e. The number of ether oxygens (including phenoxy) is 1. The number of hydrogen-bond acceptors (Lipinski definition) is 9. The van der Waals surface area contributed by atoms with Gasteiger partial charge in [-0.3, -0.25) is 4.79 Å². The lowest BCUT2D eigenvalue weighted by Crippen LogP contribution is -2.21. The molecule has 0 aliphatic carbocycles. The maximum atomic E-state index is 13.6. The van der Waals surface area contributed by atoms with Crippen molar-refractivity contribution < 1.29 is 23.1 Å². The average molecular weight is 567 g/mol. The number of nitrogens with one attached hydrogen (secondary N) is 2. The first-order chi connectivity index (χ1) is 19.2. The van der Waals surface area contributed by atoms with Gasteiger partial charge in [-0.2, -0.15) is 0 Å². The van der Waals surface area contributed by atoms with E-state index in [1.165, 1.54) is 10.3 Å². The molecule has 11 nitrogen and oxygen atoms in total. The lowest BCUT2D eigenvalue weighted by atomic mass is 10.1. The number of rotatable bonds is 14. The molecule has 212 valence electrons. The van der Waals surface area contributed by atoms with Crippen molar-refractivity contribution in [3.05, 3.63) is 72.2 Å². The van der Waals surface area contributed by atoms with Gasteiger partial charge in [-0.05, 0) is 69.4 Å². The molecule has 0 aliphatic rings. The zero-order valence-electron chi connectivity index (χ0n) is 22.8. The fraction of sp³-hybridized carbons (Fsp3) is 0.321. The van der Waals surface area contributed by atoms with Gasteiger partial charge in [-0.15, -0.1) is 0 Å². The molecule has 0 fully saturated rings. The quantitative estimate of drug-likeness (QED) is 0.194. The Bertz CT molecular complexity index is 1570. The van der Waals surface area contributed by atoms with Crippen molar-refractivity contribution in [1.82, 2.24) is 24.2 Å². The molecule has 4 rings (SSSR count). The number of anilines is 2. The Morgan fingerprint density at radius 1 is 1.12 bits per heavy atom. The number of aliphatic carboxylic acids is 1. The molecule has 0 bridgehead atoms. The number of hydrogen-bond donors (Lipinski definition) is 3. The zero-order valence-corrected chi connectivity index (χ0v) is 23.6. The molecule has 0 unspecified atom stereocenters. The Morgan fingerprint density at radius 3 is 2.60 bits per heavy atom. The third-order valence-electron chi connectivity index (χ3n) is 6.49. The van der Waals surface area contributed by atoms with Crippen LogP contribution in [0.3, 0.4) is 0 Å². The molecule has 0 aliphatic heterocycles. The van der Waals surface area contributed by atoms with E-state index in [0.717, 1.165) is 29.8 Å². The third kappa shape index (κ3) is 6.58. The zero-order chi connectivity index (χ0) is 28.7. The number of nitrogens with zero attached hydrogens (tertiary/aromatic N) is 4. The maximum absolute atomic E-state index is 13.6. The lowest BCUT2D eigenvalue weighted by Gasteiger charge is -2.19. The van der Waals surface area contributed by atoms with Crippen LogP contribution in [-0.4, -0.2) is 72.6 Å². The Kier molecular flexibility index (Phi) is 9.35. The number of carboxylic acid groups (broad SMARTS) is 1. The van der Waals surface area contributed by atoms with Crippen LogP contribution in [0.15, 0.2) is 66.0 Å². The van der Waals surface area contributed by atoms with Crippen LogP contribution in [0.25, 0.3) is 11.0 Å². The molecule has 0 saturated carbocycles. The number of benzene rings is 2. The summed E-state index contributed by atoms with van der Waals surface area (Å²) in [6, 6.07) is 13.9. The average Bonchev–Trinajstić information content (AvgIpc) is 3.33. The summed E-state index contributed by atoms with van der Waals surface area (Å²) >= 11 is 0. The van der Waals surface area contributed by atoms with Gasteiger partial charge in [0, 0.05) is 30.5 Å². The molecular formula is C28H34N6O5S. The standard InChI is InChI=1S/C28H34N6O5S/c1-29-14-7-8-20-18-34(40(37,38)23-9-5-4-6-10-23)28-26(20)27(30-19-31-28)32-22-11-12-24(39-3)21(16-22)17-33(2)15-13-25(35)36/h4-6,9-12,16,18-19,29H,7-8,13-15,17H2,1-3H3,(H,35,36)(H,30,31,32). The van der Waals surface area contributed by atoms with Gasteiger partial charge < -0.3 is 25.4 Å². The van der Waals surface area contributed by atoms with Crippen LogP contribution in [0, 0.1) is 0 Å². The van der Waals surface area contributed by atoms with Crippen LogP contribution in [-0.2, 0) is 27.8 Å². The highest BCUT2D eigenvalue weighted by molar-refractivity contribution is 7.90. The van der Waals surface area contributed by atoms with E-state index in [2.05, 4.69) is 20.6 Å². The van der Waals surface area contributed by atoms with Crippen molar-refractivity contribution in [3.63, 3.8) is 0 Å². The summed E-state index contributed by atoms with van der Waals surface area (Å²) in [7, 11) is 1.43. The topological polar surface area (TPSA) is 139 Å². The number of aromatic nitrogens is 3. The summed E-state index contributed by atoms with van der Waals surface area (Å²) in [5, 5.41) is 16.1. The minimum Gasteiger partial charge on any atom is -0.496 e. The van der Waals surface area contributed by atoms with Crippen molar-refractivity contribution in [2.75, 3.05) is 39.6 Å². The van der Waals surface area contributed by atoms with E-state index in [0.29, 0.717) is 42.1 Å². The van der Waals surface area contributed by atoms with Gasteiger partial charge in [-0.25, -0.2) is 22.4 Å². The molecule has 0 atom stereocenters. The van der Waals surface area contributed by atoms with Gasteiger partial charge in [0.1, 0.15) is 17.9 Å². The van der Waals surface area contributed by atoms with E-state index in [1.54, 1.807) is 43.6 Å². The Morgan fingerprint density at radius 2 is 1.90 bits per heavy atom. The SMILES string of the molecule is CNCCCc1cn(S(=O)(=O)c2ccccc2)c2ncnc(Nc3ccc(OC)c(CN(C)CCC(=O)O)c3)c12. The third-order valence-corrected chi connectivity index (χ3v) is 8.16. The Balaban J connectivity index is 1.74. The molecule has 2 heterocycles. The molecule has 4 aromatic rings. The highest BCUT2D eigenvalue weighted by Crippen LogP contribution is 2.33. The molecule has 12 heteroatoms. The van der Waals surface area contributed by atoms with Gasteiger partial charge in [0.25, 0.3) is 10.0 Å². The normalized spacial score (nSPS) is 11.7. The van der Waals surface area contributed by atoms with E-state index < -0.39 is 16.0 Å². The monoisotopic (exact) mass is 566 g/mol. The summed E-state index contributed by atoms with van der Waals surface area (Å²) in [5.41, 5.74) is 2.70. The fourth-order valence-corrected chi connectivity index (χ4v) is 5.87. The number of carbonyl (C=O) groups is 1. The van der Waals surface area contributed by atoms with E-state index in [1.807, 2.05) is 37.2 Å². The Labute approximate surface area is 233 Å². The summed E-state index contributed by atoms with van der Waals surface area (Å²) in [5.74, 6) is 0.309. The summed E-state index contributed by atoms with van der Waals surface area (Å²) < 4.78 is 33.9. The highest BCUT2D eigenvalue weighted by atomic mass is 32.2. The summed E-state index contributed by atoms with van der Waals surface area (Å²) in [4.78, 5) is 21.9. The number of aryl methyl sites for hydroxylation is 1. The number of carboxylic acids is 1. The first kappa shape index (κ1) is 29.0. The van der Waals surface area contributed by atoms with E-state index in [9.17, 15) is 13.2 Å². The van der Waals surface area contributed by atoms with Crippen LogP contribution in [0.2, 0.25) is 0 Å². The second-order valence-electron chi connectivity index (χ2n) is 9.43. The van der Waals surface area contributed by atoms with Crippen LogP contribution in [0.5, 0.6) is 5.75 Å². The van der Waals surface area contributed by atoms with E-state index in [4.69, 9.17) is 9.84 Å². The number of methoxy groups -OCH3 is 1. The van der Waals surface area contributed by atoms with Crippen LogP contribution < -0.4 is 15.4 Å². The fourth-order valence-electron chi connectivity index (χ4n) is 4.51. The second kappa shape index (κ2) is 12.9. The van der Waals surface area contributed by atoms with Gasteiger partial charge in [0.2, 0.25) is 0 Å². The summed E-state index contributed by atoms with van der Waals surface area (Å²) in [6.45, 7) is 1.64. The molecule has 0 saturated heterocycles. The molecule has 2 aromatic heterocycles. The maximum Gasteiger partial charge on any atom is 0.304 e. The minimum absolute atomic E-state index is 0.0366. The van der Waals surface area contributed by atoms with Crippen molar-refractivity contribution in [2.45, 2.75) is 30.7 Å². The molecule has 0 amide bonds. The summed E-state index contributed by atoms with van der Waals surface area (Å²) in [6.07, 6.45) is 4.45. The lowest BCUT2D eigenvalue weighted by molar-refractivity contribution is -0.137. The van der Waals surface area contributed by atoms with Crippen LogP contribution in [0.1, 0.15) is 24.0 Å². The molecule has 3 N–H and O–H groups in total. The predicted molar refractivity (Wildman–Crippen MR) is 154 cm³/mol. The molecule has 40 heavy (non-hydrogen) atoms. The molecule has 2 aromatic carbocycles. The highest BCUT2D eigenvalue weighted by Gasteiger charge is 2.24. The van der Waals surface area contributed by atoms with Crippen LogP contribution >= 0.6 is 0 Å². The molecular weight excluding hydrogens is 532 g/mol. The van der Waals surface area contributed by atoms with E-state index in [-0.39, 0.29) is 11.3 Å². The van der Waals surface area contributed by atoms with Gasteiger partial charge in [0.15, 0.2) is 5.65 Å². The first-order valence-corrected chi connectivity index (χ1v) is 14.3. The van der Waals surface area contributed by atoms with Crippen LogP contribution in [0.4, 0.5) is 11.5 Å². The van der Waals surface area contributed by atoms with Crippen molar-refractivity contribution in [3.8, 4) is 5.75 Å². The minimum atomic E-state index is -3.89. The van der Waals surface area contributed by atoms with Gasteiger partial charge in [-0.1, -0.05) is 18.2 Å². The predicted octanol–water partition coefficient (Wildman–Crippen LogP) is 3.48. The van der Waals surface area contributed by atoms with Crippen molar-refractivity contribution in [1.29, 1.82) is 0 Å². The second-order valence-corrected chi connectivity index (χ2v) is 11.2. The van der Waals surface area contributed by atoms with Crippen molar-refractivity contribution >= 4 is 38.5 Å².